The molecule has 0 aliphatic carbocycles. The molecule has 0 aliphatic heterocycles. The number of fused-ring (bicyclic) bond motifs is 1. The Balaban J connectivity index is 2.14. The van der Waals surface area contributed by atoms with Crippen LogP contribution in [0.4, 0.5) is 5.95 Å². The molecule has 0 atom stereocenters. The number of thiophene rings is 1. The second-order valence-electron chi connectivity index (χ2n) is 3.36. The predicted octanol–water partition coefficient (Wildman–Crippen LogP) is 1.85. The molecule has 3 heterocycles. The van der Waals surface area contributed by atoms with E-state index in [0.29, 0.717) is 5.16 Å². The van der Waals surface area contributed by atoms with Crippen LogP contribution in [0.3, 0.4) is 0 Å². The maximum absolute atomic E-state index is 5.69. The first-order valence-corrected chi connectivity index (χ1v) is 6.42. The average Bonchev–Trinajstić information content (AvgIpc) is 2.86. The highest BCUT2D eigenvalue weighted by atomic mass is 32.2. The van der Waals surface area contributed by atoms with Gasteiger partial charge in [-0.2, -0.15) is 5.10 Å². The molecule has 0 aromatic carbocycles. The number of H-pyrrole nitrogens is 1. The van der Waals surface area contributed by atoms with Crippen molar-refractivity contribution < 1.29 is 0 Å². The number of nitrogens with two attached hydrogens (primary N) is 1. The molecule has 8 heteroatoms. The summed E-state index contributed by atoms with van der Waals surface area (Å²) in [6.45, 7) is 2.03. The number of hydrogen-bond donors (Lipinski definition) is 2. The molecule has 3 rings (SSSR count). The van der Waals surface area contributed by atoms with Crippen LogP contribution >= 0.6 is 23.1 Å². The van der Waals surface area contributed by atoms with Gasteiger partial charge in [-0.15, -0.1) is 11.3 Å². The van der Waals surface area contributed by atoms with Gasteiger partial charge in [0.2, 0.25) is 5.95 Å². The van der Waals surface area contributed by atoms with Gasteiger partial charge in [0.15, 0.2) is 5.16 Å². The van der Waals surface area contributed by atoms with Crippen LogP contribution in [0.2, 0.25) is 0 Å². The lowest BCUT2D eigenvalue weighted by atomic mass is 10.4. The highest BCUT2D eigenvalue weighted by Crippen LogP contribution is 2.33. The smallest absolute Gasteiger partial charge is 0.222 e. The minimum atomic E-state index is 0.279. The van der Waals surface area contributed by atoms with Crippen molar-refractivity contribution in [2.24, 2.45) is 0 Å². The number of anilines is 1. The molecule has 3 aromatic heterocycles. The molecule has 0 amide bonds. The first kappa shape index (κ1) is 10.5. The summed E-state index contributed by atoms with van der Waals surface area (Å²) in [5.41, 5.74) is 5.69. The fourth-order valence-corrected chi connectivity index (χ4v) is 3.18. The van der Waals surface area contributed by atoms with Crippen LogP contribution in [0.5, 0.6) is 0 Å². The van der Waals surface area contributed by atoms with Crippen LogP contribution in [-0.2, 0) is 0 Å². The molecule has 0 bridgehead atoms. The van der Waals surface area contributed by atoms with Crippen LogP contribution < -0.4 is 5.73 Å². The van der Waals surface area contributed by atoms with Crippen LogP contribution in [0.15, 0.2) is 22.6 Å². The Morgan fingerprint density at radius 2 is 2.29 bits per heavy atom. The summed E-state index contributed by atoms with van der Waals surface area (Å²) in [6.07, 6.45) is 1.46. The van der Waals surface area contributed by atoms with Gasteiger partial charge in [0.1, 0.15) is 16.2 Å². The first-order chi connectivity index (χ1) is 8.22. The van der Waals surface area contributed by atoms with E-state index in [-0.39, 0.29) is 5.95 Å². The largest absolute Gasteiger partial charge is 0.368 e. The quantitative estimate of drug-likeness (QED) is 0.686. The lowest BCUT2D eigenvalue weighted by molar-refractivity contribution is 0.968. The van der Waals surface area contributed by atoms with E-state index in [9.17, 15) is 0 Å². The van der Waals surface area contributed by atoms with Crippen LogP contribution in [0.1, 0.15) is 4.88 Å². The normalized spacial score (nSPS) is 11.1. The molecular formula is C9H8N6S2. The first-order valence-electron chi connectivity index (χ1n) is 4.79. The van der Waals surface area contributed by atoms with E-state index in [1.807, 2.05) is 6.92 Å². The highest BCUT2D eigenvalue weighted by molar-refractivity contribution is 7.99. The van der Waals surface area contributed by atoms with Crippen molar-refractivity contribution in [3.8, 4) is 0 Å². The standard InChI is InChI=1S/C9H8N6S2/c1-4-2-5-6(16-4)13-8(10)14-7(5)17-9-11-3-12-15-9/h2-3H,1H3,(H2,10,13,14)(H,11,12,15). The van der Waals surface area contributed by atoms with Crippen molar-refractivity contribution in [1.82, 2.24) is 25.1 Å². The summed E-state index contributed by atoms with van der Waals surface area (Å²) in [5, 5.41) is 9.07. The van der Waals surface area contributed by atoms with E-state index >= 15 is 0 Å². The van der Waals surface area contributed by atoms with E-state index in [1.165, 1.54) is 23.0 Å². The van der Waals surface area contributed by atoms with Gasteiger partial charge in [0.05, 0.1) is 0 Å². The number of nitrogens with one attached hydrogen (secondary N) is 1. The summed E-state index contributed by atoms with van der Waals surface area (Å²) < 4.78 is 0. The summed E-state index contributed by atoms with van der Waals surface area (Å²) in [7, 11) is 0. The van der Waals surface area contributed by atoms with Gasteiger partial charge < -0.3 is 5.73 Å². The van der Waals surface area contributed by atoms with Gasteiger partial charge in [0.25, 0.3) is 0 Å². The summed E-state index contributed by atoms with van der Waals surface area (Å²) in [5.74, 6) is 0.279. The Morgan fingerprint density at radius 1 is 1.41 bits per heavy atom. The second-order valence-corrected chi connectivity index (χ2v) is 5.57. The van der Waals surface area contributed by atoms with Gasteiger partial charge in [0, 0.05) is 10.3 Å². The topological polar surface area (TPSA) is 93.4 Å². The number of aromatic amines is 1. The third-order valence-electron chi connectivity index (χ3n) is 2.08. The Kier molecular flexibility index (Phi) is 2.45. The second kappa shape index (κ2) is 3.97. The molecule has 0 fully saturated rings. The average molecular weight is 264 g/mol. The van der Waals surface area contributed by atoms with Crippen molar-refractivity contribution in [3.05, 3.63) is 17.3 Å². The van der Waals surface area contributed by atoms with Gasteiger partial charge in [-0.1, -0.05) is 0 Å². The Bertz CT molecular complexity index is 659. The Labute approximate surface area is 105 Å². The molecule has 6 nitrogen and oxygen atoms in total. The third-order valence-corrected chi connectivity index (χ3v) is 3.92. The minimum absolute atomic E-state index is 0.279. The van der Waals surface area contributed by atoms with E-state index in [2.05, 4.69) is 31.2 Å². The molecular weight excluding hydrogens is 256 g/mol. The van der Waals surface area contributed by atoms with E-state index in [0.717, 1.165) is 15.2 Å². The number of nitrogen functional groups attached to an aromatic ring is 1. The van der Waals surface area contributed by atoms with E-state index < -0.39 is 0 Å². The minimum Gasteiger partial charge on any atom is -0.368 e. The van der Waals surface area contributed by atoms with Gasteiger partial charge in [-0.25, -0.2) is 15.0 Å². The van der Waals surface area contributed by atoms with Crippen molar-refractivity contribution in [1.29, 1.82) is 0 Å². The molecule has 0 spiro atoms. The fraction of sp³-hybridized carbons (Fsp3) is 0.111. The molecule has 0 aliphatic rings. The molecule has 17 heavy (non-hydrogen) atoms. The third kappa shape index (κ3) is 1.96. The zero-order chi connectivity index (χ0) is 11.8. The molecule has 3 N–H and O–H groups in total. The van der Waals surface area contributed by atoms with Crippen LogP contribution in [-0.4, -0.2) is 25.1 Å². The van der Waals surface area contributed by atoms with E-state index in [1.54, 1.807) is 11.3 Å². The maximum Gasteiger partial charge on any atom is 0.222 e. The number of rotatable bonds is 2. The number of aromatic nitrogens is 5. The maximum atomic E-state index is 5.69. The number of aryl methyl sites for hydroxylation is 1. The van der Waals surface area contributed by atoms with Gasteiger partial charge in [-0.3, -0.25) is 5.10 Å². The zero-order valence-corrected chi connectivity index (χ0v) is 10.5. The van der Waals surface area contributed by atoms with Crippen LogP contribution in [0.25, 0.3) is 10.2 Å². The SMILES string of the molecule is Cc1cc2c(Sc3ncn[nH]3)nc(N)nc2s1. The van der Waals surface area contributed by atoms with Gasteiger partial charge >= 0.3 is 0 Å². The molecule has 0 saturated carbocycles. The van der Waals surface area contributed by atoms with Crippen molar-refractivity contribution >= 4 is 39.3 Å². The van der Waals surface area contributed by atoms with Crippen molar-refractivity contribution in [3.63, 3.8) is 0 Å². The Morgan fingerprint density at radius 3 is 3.06 bits per heavy atom. The lowest BCUT2D eigenvalue weighted by Crippen LogP contribution is -1.95. The predicted molar refractivity (Wildman–Crippen MR) is 67.1 cm³/mol. The molecule has 3 aromatic rings. The zero-order valence-electron chi connectivity index (χ0n) is 8.84. The lowest BCUT2D eigenvalue weighted by Gasteiger charge is -2.00. The van der Waals surface area contributed by atoms with Crippen molar-refractivity contribution in [2.45, 2.75) is 17.1 Å². The number of hydrogen-bond acceptors (Lipinski definition) is 7. The summed E-state index contributed by atoms with van der Waals surface area (Å²) in [4.78, 5) is 14.6. The summed E-state index contributed by atoms with van der Waals surface area (Å²) >= 11 is 3.00. The van der Waals surface area contributed by atoms with Gasteiger partial charge in [-0.05, 0) is 24.8 Å². The Hall–Kier alpha value is -1.67. The fourth-order valence-electron chi connectivity index (χ4n) is 1.44. The van der Waals surface area contributed by atoms with E-state index in [4.69, 9.17) is 5.73 Å². The molecule has 0 radical (unpaired) electrons. The van der Waals surface area contributed by atoms with Crippen LogP contribution in [0, 0.1) is 6.92 Å². The van der Waals surface area contributed by atoms with Crippen molar-refractivity contribution in [2.75, 3.05) is 5.73 Å². The molecule has 0 unspecified atom stereocenters. The summed E-state index contributed by atoms with van der Waals surface area (Å²) in [6, 6.07) is 2.05. The monoisotopic (exact) mass is 264 g/mol. The molecule has 0 saturated heterocycles. The number of nitrogens with zero attached hydrogens (tertiary/aromatic N) is 4. The molecule has 86 valence electrons. The highest BCUT2D eigenvalue weighted by Gasteiger charge is 2.11.